The fourth-order valence-corrected chi connectivity index (χ4v) is 1.40. The van der Waals surface area contributed by atoms with Crippen molar-refractivity contribution in [2.24, 2.45) is 5.73 Å². The largest absolute Gasteiger partial charge is 0.397 e. The average molecular weight is 217 g/mol. The second-order valence-electron chi connectivity index (χ2n) is 3.45. The molecule has 0 saturated heterocycles. The molecule has 82 valence electrons. The Morgan fingerprint density at radius 3 is 2.75 bits per heavy atom. The molecule has 0 aromatic carbocycles. The Hall–Kier alpha value is -2.37. The van der Waals surface area contributed by atoms with Gasteiger partial charge in [0.1, 0.15) is 0 Å². The van der Waals surface area contributed by atoms with Gasteiger partial charge in [-0.05, 0) is 18.6 Å². The summed E-state index contributed by atoms with van der Waals surface area (Å²) in [5.41, 5.74) is 12.5. The summed E-state index contributed by atoms with van der Waals surface area (Å²) in [4.78, 5) is 15.1. The van der Waals surface area contributed by atoms with Gasteiger partial charge in [0.15, 0.2) is 5.82 Å². The van der Waals surface area contributed by atoms with E-state index in [4.69, 9.17) is 11.5 Å². The van der Waals surface area contributed by atoms with E-state index in [0.29, 0.717) is 17.1 Å². The molecule has 2 heterocycles. The van der Waals surface area contributed by atoms with Crippen LogP contribution in [0.3, 0.4) is 0 Å². The van der Waals surface area contributed by atoms with Crippen LogP contribution in [0.1, 0.15) is 15.9 Å². The van der Waals surface area contributed by atoms with Crippen molar-refractivity contribution in [2.75, 3.05) is 5.73 Å². The number of amides is 1. The lowest BCUT2D eigenvalue weighted by Crippen LogP contribution is -2.09. The van der Waals surface area contributed by atoms with Crippen molar-refractivity contribution in [1.82, 2.24) is 14.8 Å². The van der Waals surface area contributed by atoms with Gasteiger partial charge in [0.25, 0.3) is 5.91 Å². The molecule has 1 amide bonds. The maximum Gasteiger partial charge on any atom is 0.251 e. The van der Waals surface area contributed by atoms with Gasteiger partial charge in [-0.2, -0.15) is 5.10 Å². The molecule has 2 aromatic heterocycles. The first-order valence-corrected chi connectivity index (χ1v) is 4.65. The van der Waals surface area contributed by atoms with Crippen molar-refractivity contribution in [2.45, 2.75) is 6.92 Å². The Labute approximate surface area is 91.9 Å². The molecule has 0 atom stereocenters. The second kappa shape index (κ2) is 3.65. The number of nitrogens with zero attached hydrogens (tertiary/aromatic N) is 3. The Balaban J connectivity index is 2.46. The van der Waals surface area contributed by atoms with Gasteiger partial charge >= 0.3 is 0 Å². The SMILES string of the molecule is Cc1cc(N)cnc1-n1cc(C(N)=O)cn1. The maximum absolute atomic E-state index is 10.9. The molecule has 0 radical (unpaired) electrons. The highest BCUT2D eigenvalue weighted by atomic mass is 16.1. The molecule has 0 aliphatic rings. The number of carbonyl (C=O) groups excluding carboxylic acids is 1. The first-order valence-electron chi connectivity index (χ1n) is 4.65. The third-order valence-corrected chi connectivity index (χ3v) is 2.16. The minimum Gasteiger partial charge on any atom is -0.397 e. The van der Waals surface area contributed by atoms with Crippen molar-refractivity contribution in [3.05, 3.63) is 35.8 Å². The van der Waals surface area contributed by atoms with Crippen LogP contribution in [0, 0.1) is 6.92 Å². The van der Waals surface area contributed by atoms with Gasteiger partial charge in [0.2, 0.25) is 0 Å². The van der Waals surface area contributed by atoms with E-state index < -0.39 is 5.91 Å². The normalized spacial score (nSPS) is 10.3. The van der Waals surface area contributed by atoms with E-state index >= 15 is 0 Å². The van der Waals surface area contributed by atoms with E-state index in [1.54, 1.807) is 6.07 Å². The lowest BCUT2D eigenvalue weighted by Gasteiger charge is -2.04. The molecule has 2 aromatic rings. The Morgan fingerprint density at radius 1 is 1.44 bits per heavy atom. The fraction of sp³-hybridized carbons (Fsp3) is 0.100. The van der Waals surface area contributed by atoms with Crippen molar-refractivity contribution < 1.29 is 4.79 Å². The summed E-state index contributed by atoms with van der Waals surface area (Å²) in [5.74, 6) is 0.112. The number of rotatable bonds is 2. The minimum absolute atomic E-state index is 0.345. The standard InChI is InChI=1S/C10H11N5O/c1-6-2-8(11)4-13-10(6)15-5-7(3-14-15)9(12)16/h2-5H,11H2,1H3,(H2,12,16). The molecule has 0 unspecified atom stereocenters. The van der Waals surface area contributed by atoms with Gasteiger partial charge in [0.05, 0.1) is 23.6 Å². The maximum atomic E-state index is 10.9. The summed E-state index contributed by atoms with van der Waals surface area (Å²) in [6, 6.07) is 1.79. The van der Waals surface area contributed by atoms with Gasteiger partial charge in [-0.1, -0.05) is 0 Å². The molecular weight excluding hydrogens is 206 g/mol. The number of hydrogen-bond donors (Lipinski definition) is 2. The number of carbonyl (C=O) groups is 1. The molecule has 0 aliphatic heterocycles. The highest BCUT2D eigenvalue weighted by molar-refractivity contribution is 5.92. The van der Waals surface area contributed by atoms with E-state index in [0.717, 1.165) is 5.56 Å². The zero-order valence-electron chi connectivity index (χ0n) is 8.71. The van der Waals surface area contributed by atoms with Gasteiger partial charge in [-0.25, -0.2) is 9.67 Å². The number of pyridine rings is 1. The topological polar surface area (TPSA) is 99.8 Å². The molecule has 6 nitrogen and oxygen atoms in total. The van der Waals surface area contributed by atoms with Crippen LogP contribution in [0.15, 0.2) is 24.7 Å². The molecule has 4 N–H and O–H groups in total. The highest BCUT2D eigenvalue weighted by Crippen LogP contribution is 2.13. The number of aryl methyl sites for hydroxylation is 1. The number of primary amides is 1. The number of anilines is 1. The summed E-state index contributed by atoms with van der Waals surface area (Å²) >= 11 is 0. The van der Waals surface area contributed by atoms with Crippen molar-refractivity contribution in [3.8, 4) is 5.82 Å². The first kappa shape index (κ1) is 10.2. The third-order valence-electron chi connectivity index (χ3n) is 2.16. The fourth-order valence-electron chi connectivity index (χ4n) is 1.40. The lowest BCUT2D eigenvalue weighted by atomic mass is 10.2. The summed E-state index contributed by atoms with van der Waals surface area (Å²) in [5, 5.41) is 4.01. The number of hydrogen-bond acceptors (Lipinski definition) is 4. The number of nitrogen functional groups attached to an aromatic ring is 1. The molecular formula is C10H11N5O. The van der Waals surface area contributed by atoms with Crippen LogP contribution >= 0.6 is 0 Å². The van der Waals surface area contributed by atoms with Crippen molar-refractivity contribution in [1.29, 1.82) is 0 Å². The van der Waals surface area contributed by atoms with Crippen LogP contribution in [0.4, 0.5) is 5.69 Å². The Bertz CT molecular complexity index is 546. The monoisotopic (exact) mass is 217 g/mol. The molecule has 2 rings (SSSR count). The number of aromatic nitrogens is 3. The second-order valence-corrected chi connectivity index (χ2v) is 3.45. The smallest absolute Gasteiger partial charge is 0.251 e. The van der Waals surface area contributed by atoms with E-state index in [1.165, 1.54) is 23.3 Å². The molecule has 0 saturated carbocycles. The highest BCUT2D eigenvalue weighted by Gasteiger charge is 2.08. The van der Waals surface area contributed by atoms with E-state index in [1.807, 2.05) is 6.92 Å². The zero-order valence-corrected chi connectivity index (χ0v) is 8.71. The van der Waals surface area contributed by atoms with Crippen LogP contribution in [0.5, 0.6) is 0 Å². The predicted molar refractivity (Wildman–Crippen MR) is 59.0 cm³/mol. The lowest BCUT2D eigenvalue weighted by molar-refractivity contribution is 0.100. The van der Waals surface area contributed by atoms with Crippen molar-refractivity contribution >= 4 is 11.6 Å². The zero-order chi connectivity index (χ0) is 11.7. The van der Waals surface area contributed by atoms with Gasteiger partial charge in [-0.15, -0.1) is 0 Å². The average Bonchev–Trinajstić information content (AvgIpc) is 2.66. The third kappa shape index (κ3) is 1.72. The molecule has 0 fully saturated rings. The van der Waals surface area contributed by atoms with E-state index in [-0.39, 0.29) is 0 Å². The van der Waals surface area contributed by atoms with E-state index in [2.05, 4.69) is 10.1 Å². The predicted octanol–water partition coefficient (Wildman–Crippen LogP) is 0.257. The summed E-state index contributed by atoms with van der Waals surface area (Å²) in [7, 11) is 0. The summed E-state index contributed by atoms with van der Waals surface area (Å²) < 4.78 is 1.49. The Morgan fingerprint density at radius 2 is 2.19 bits per heavy atom. The molecule has 0 aliphatic carbocycles. The molecule has 6 heteroatoms. The molecule has 0 bridgehead atoms. The molecule has 16 heavy (non-hydrogen) atoms. The van der Waals surface area contributed by atoms with Crippen molar-refractivity contribution in [3.63, 3.8) is 0 Å². The molecule has 0 spiro atoms. The van der Waals surface area contributed by atoms with E-state index in [9.17, 15) is 4.79 Å². The van der Waals surface area contributed by atoms with Gasteiger partial charge in [0, 0.05) is 6.20 Å². The quantitative estimate of drug-likeness (QED) is 0.753. The Kier molecular flexibility index (Phi) is 2.32. The van der Waals surface area contributed by atoms with Crippen LogP contribution in [0.2, 0.25) is 0 Å². The first-order chi connectivity index (χ1) is 7.58. The summed E-state index contributed by atoms with van der Waals surface area (Å²) in [6.07, 6.45) is 4.47. The number of nitrogens with two attached hydrogens (primary N) is 2. The van der Waals surface area contributed by atoms with Gasteiger partial charge in [-0.3, -0.25) is 4.79 Å². The minimum atomic E-state index is -0.514. The van der Waals surface area contributed by atoms with Crippen LogP contribution < -0.4 is 11.5 Å². The van der Waals surface area contributed by atoms with Crippen LogP contribution in [-0.2, 0) is 0 Å². The van der Waals surface area contributed by atoms with Gasteiger partial charge < -0.3 is 11.5 Å². The van der Waals surface area contributed by atoms with Crippen LogP contribution in [-0.4, -0.2) is 20.7 Å². The summed E-state index contributed by atoms with van der Waals surface area (Å²) in [6.45, 7) is 1.87. The van der Waals surface area contributed by atoms with Crippen LogP contribution in [0.25, 0.3) is 5.82 Å².